The van der Waals surface area contributed by atoms with Crippen LogP contribution in [0.1, 0.15) is 30.5 Å². The van der Waals surface area contributed by atoms with Crippen LogP contribution in [0.5, 0.6) is 0 Å². The molecule has 2 heterocycles. The lowest BCUT2D eigenvalue weighted by atomic mass is 9.71. The van der Waals surface area contributed by atoms with E-state index in [9.17, 15) is 0 Å². The third-order valence-electron chi connectivity index (χ3n) is 5.13. The maximum atomic E-state index is 6.21. The zero-order valence-corrected chi connectivity index (χ0v) is 15.4. The topological polar surface area (TPSA) is 67.9 Å². The normalized spacial score (nSPS) is 14.4. The lowest BCUT2D eigenvalue weighted by Crippen LogP contribution is -2.30. The number of aromatic nitrogens is 3. The first kappa shape index (κ1) is 16.5. The van der Waals surface area contributed by atoms with Gasteiger partial charge in [0.2, 0.25) is 0 Å². The van der Waals surface area contributed by atoms with E-state index in [0.717, 1.165) is 29.8 Å². The minimum absolute atomic E-state index is 0.112. The molecular formula is C21H23N5. The van der Waals surface area contributed by atoms with E-state index in [4.69, 9.17) is 5.73 Å². The van der Waals surface area contributed by atoms with Crippen molar-refractivity contribution < 1.29 is 0 Å². The molecule has 132 valence electrons. The minimum atomic E-state index is -0.112. The van der Waals surface area contributed by atoms with Crippen molar-refractivity contribution in [3.63, 3.8) is 0 Å². The molecule has 0 spiro atoms. The first-order valence-corrected chi connectivity index (χ1v) is 8.80. The summed E-state index contributed by atoms with van der Waals surface area (Å²) in [5.41, 5.74) is 13.0. The Labute approximate surface area is 153 Å². The highest BCUT2D eigenvalue weighted by Gasteiger charge is 2.35. The van der Waals surface area contributed by atoms with Gasteiger partial charge in [0, 0.05) is 42.8 Å². The molecule has 0 amide bonds. The van der Waals surface area contributed by atoms with E-state index in [-0.39, 0.29) is 5.41 Å². The van der Waals surface area contributed by atoms with Gasteiger partial charge in [0.1, 0.15) is 12.1 Å². The van der Waals surface area contributed by atoms with Crippen LogP contribution in [-0.4, -0.2) is 22.0 Å². The molecule has 1 aliphatic carbocycles. The fourth-order valence-corrected chi connectivity index (χ4v) is 3.99. The van der Waals surface area contributed by atoms with Gasteiger partial charge in [0.25, 0.3) is 0 Å². The average Bonchev–Trinajstić information content (AvgIpc) is 2.61. The van der Waals surface area contributed by atoms with Crippen LogP contribution in [0.25, 0.3) is 11.3 Å². The second kappa shape index (κ2) is 6.09. The predicted molar refractivity (Wildman–Crippen MR) is 105 cm³/mol. The summed E-state index contributed by atoms with van der Waals surface area (Å²) in [4.78, 5) is 15.3. The number of nitrogen functional groups attached to an aromatic ring is 1. The molecule has 0 unspecified atom stereocenters. The number of hydrogen-bond acceptors (Lipinski definition) is 5. The summed E-state index contributed by atoms with van der Waals surface area (Å²) in [7, 11) is 2.12. The molecular weight excluding hydrogens is 322 g/mol. The highest BCUT2D eigenvalue weighted by atomic mass is 15.1. The first-order valence-electron chi connectivity index (χ1n) is 8.80. The van der Waals surface area contributed by atoms with Gasteiger partial charge in [-0.05, 0) is 35.1 Å². The Morgan fingerprint density at radius 1 is 1.15 bits per heavy atom. The van der Waals surface area contributed by atoms with Crippen LogP contribution in [0.2, 0.25) is 0 Å². The fraction of sp³-hybridized carbons (Fsp3) is 0.286. The van der Waals surface area contributed by atoms with Crippen LogP contribution in [0, 0.1) is 0 Å². The molecule has 2 aromatic heterocycles. The van der Waals surface area contributed by atoms with Crippen molar-refractivity contribution in [2.24, 2.45) is 0 Å². The van der Waals surface area contributed by atoms with Gasteiger partial charge in [-0.3, -0.25) is 4.98 Å². The Kier molecular flexibility index (Phi) is 3.87. The maximum absolute atomic E-state index is 6.21. The molecule has 26 heavy (non-hydrogen) atoms. The predicted octanol–water partition coefficient (Wildman–Crippen LogP) is 3.59. The third-order valence-corrected chi connectivity index (χ3v) is 5.13. The van der Waals surface area contributed by atoms with Crippen molar-refractivity contribution in [1.29, 1.82) is 0 Å². The van der Waals surface area contributed by atoms with Gasteiger partial charge in [-0.15, -0.1) is 0 Å². The Morgan fingerprint density at radius 3 is 2.77 bits per heavy atom. The number of benzene rings is 1. The van der Waals surface area contributed by atoms with E-state index in [0.29, 0.717) is 5.82 Å². The van der Waals surface area contributed by atoms with Crippen LogP contribution in [-0.2, 0) is 18.4 Å². The Hall–Kier alpha value is -2.95. The summed E-state index contributed by atoms with van der Waals surface area (Å²) < 4.78 is 0. The van der Waals surface area contributed by atoms with E-state index in [2.05, 4.69) is 65.0 Å². The van der Waals surface area contributed by atoms with Crippen molar-refractivity contribution in [2.45, 2.75) is 32.2 Å². The van der Waals surface area contributed by atoms with Gasteiger partial charge in [-0.1, -0.05) is 32.0 Å². The molecule has 3 aromatic rings. The van der Waals surface area contributed by atoms with Gasteiger partial charge in [-0.2, -0.15) is 0 Å². The number of hydrogen-bond donors (Lipinski definition) is 1. The summed E-state index contributed by atoms with van der Waals surface area (Å²) in [5, 5.41) is 0. The lowest BCUT2D eigenvalue weighted by molar-refractivity contribution is 0.514. The number of anilines is 2. The summed E-state index contributed by atoms with van der Waals surface area (Å²) in [6, 6.07) is 10.5. The van der Waals surface area contributed by atoms with Crippen LogP contribution < -0.4 is 10.6 Å². The van der Waals surface area contributed by atoms with Crippen molar-refractivity contribution in [1.82, 2.24) is 15.0 Å². The second-order valence-corrected chi connectivity index (χ2v) is 7.56. The molecule has 5 nitrogen and oxygen atoms in total. The number of pyridine rings is 1. The smallest absolute Gasteiger partial charge is 0.131 e. The maximum Gasteiger partial charge on any atom is 0.131 e. The summed E-state index contributed by atoms with van der Waals surface area (Å²) in [5.74, 6) is 0.583. The van der Waals surface area contributed by atoms with Crippen molar-refractivity contribution in [3.05, 3.63) is 65.7 Å². The molecule has 0 fully saturated rings. The van der Waals surface area contributed by atoms with E-state index in [1.54, 1.807) is 12.5 Å². The van der Waals surface area contributed by atoms with E-state index < -0.39 is 0 Å². The molecule has 1 aromatic carbocycles. The minimum Gasteiger partial charge on any atom is -0.383 e. The zero-order valence-electron chi connectivity index (χ0n) is 15.4. The average molecular weight is 345 g/mol. The molecule has 1 aliphatic rings. The molecule has 2 N–H and O–H groups in total. The monoisotopic (exact) mass is 345 g/mol. The van der Waals surface area contributed by atoms with Crippen LogP contribution in [0.3, 0.4) is 0 Å². The Bertz CT molecular complexity index is 950. The summed E-state index contributed by atoms with van der Waals surface area (Å²) in [6.07, 6.45) is 6.18. The highest BCUT2D eigenvalue weighted by molar-refractivity contribution is 5.80. The highest BCUT2D eigenvalue weighted by Crippen LogP contribution is 2.46. The molecule has 0 aliphatic heterocycles. The largest absolute Gasteiger partial charge is 0.383 e. The SMILES string of the molecule is CN(Cc1cccnc1)c1cccc2c1CC(C)(C)c1c(N)ncnc1-2. The van der Waals surface area contributed by atoms with Gasteiger partial charge in [0.15, 0.2) is 0 Å². The van der Waals surface area contributed by atoms with Crippen LogP contribution in [0.15, 0.2) is 49.1 Å². The van der Waals surface area contributed by atoms with E-state index in [1.807, 2.05) is 12.3 Å². The van der Waals surface area contributed by atoms with Crippen molar-refractivity contribution in [3.8, 4) is 11.3 Å². The first-order chi connectivity index (χ1) is 12.5. The number of nitrogens with zero attached hydrogens (tertiary/aromatic N) is 4. The zero-order chi connectivity index (χ0) is 18.3. The molecule has 0 bridgehead atoms. The Morgan fingerprint density at radius 2 is 2.00 bits per heavy atom. The lowest BCUT2D eigenvalue weighted by Gasteiger charge is -2.36. The number of fused-ring (bicyclic) bond motifs is 3. The summed E-state index contributed by atoms with van der Waals surface area (Å²) in [6.45, 7) is 5.24. The van der Waals surface area contributed by atoms with Gasteiger partial charge < -0.3 is 10.6 Å². The van der Waals surface area contributed by atoms with Gasteiger partial charge >= 0.3 is 0 Å². The van der Waals surface area contributed by atoms with Crippen molar-refractivity contribution >= 4 is 11.5 Å². The Balaban J connectivity index is 1.81. The second-order valence-electron chi connectivity index (χ2n) is 7.56. The standard InChI is InChI=1S/C21H23N5/c1-21(2)10-16-15(19-18(21)20(22)25-13-24-19)7-4-8-17(16)26(3)12-14-6-5-9-23-11-14/h4-9,11,13H,10,12H2,1-3H3,(H2,22,24,25). The van der Waals surface area contributed by atoms with Gasteiger partial charge in [-0.25, -0.2) is 9.97 Å². The van der Waals surface area contributed by atoms with Crippen LogP contribution >= 0.6 is 0 Å². The molecule has 0 saturated heterocycles. The molecule has 0 atom stereocenters. The number of rotatable bonds is 3. The number of nitrogens with two attached hydrogens (primary N) is 1. The molecule has 5 heteroatoms. The van der Waals surface area contributed by atoms with Gasteiger partial charge in [0.05, 0.1) is 5.69 Å². The van der Waals surface area contributed by atoms with E-state index >= 15 is 0 Å². The van der Waals surface area contributed by atoms with E-state index in [1.165, 1.54) is 16.8 Å². The quantitative estimate of drug-likeness (QED) is 0.786. The fourth-order valence-electron chi connectivity index (χ4n) is 3.99. The third kappa shape index (κ3) is 2.69. The molecule has 4 rings (SSSR count). The van der Waals surface area contributed by atoms with Crippen molar-refractivity contribution in [2.75, 3.05) is 17.7 Å². The van der Waals surface area contributed by atoms with Crippen LogP contribution in [0.4, 0.5) is 11.5 Å². The molecule has 0 saturated carbocycles. The summed E-state index contributed by atoms with van der Waals surface area (Å²) >= 11 is 0. The molecule has 0 radical (unpaired) electrons.